The van der Waals surface area contributed by atoms with E-state index in [1.807, 2.05) is 29.2 Å². The van der Waals surface area contributed by atoms with Crippen LogP contribution in [-0.2, 0) is 0 Å². The van der Waals surface area contributed by atoms with Gasteiger partial charge in [0.25, 0.3) is 5.91 Å². The number of amides is 1. The summed E-state index contributed by atoms with van der Waals surface area (Å²) >= 11 is 0. The lowest BCUT2D eigenvalue weighted by molar-refractivity contribution is 0.0161. The standard InChI is InChI=1S/C20H26N2O2/c1-15(2)11-20(14-23)8-4-10-22(13-20)19(24)18-6-3-5-16-12-21-9-7-17(16)18/h3,5-7,9,12,15,23H,4,8,10-11,13-14H2,1-2H3/t20-/m1/s1. The van der Waals surface area contributed by atoms with Gasteiger partial charge >= 0.3 is 0 Å². The third-order valence-electron chi connectivity index (χ3n) is 5.04. The number of pyridine rings is 1. The molecule has 3 rings (SSSR count). The Labute approximate surface area is 143 Å². The zero-order chi connectivity index (χ0) is 17.2. The largest absolute Gasteiger partial charge is 0.396 e. The highest BCUT2D eigenvalue weighted by Gasteiger charge is 2.37. The van der Waals surface area contributed by atoms with Crippen LogP contribution in [0.1, 0.15) is 43.5 Å². The van der Waals surface area contributed by atoms with E-state index in [9.17, 15) is 9.90 Å². The predicted molar refractivity (Wildman–Crippen MR) is 95.9 cm³/mol. The average molecular weight is 326 g/mol. The molecule has 0 radical (unpaired) electrons. The van der Waals surface area contributed by atoms with Crippen molar-refractivity contribution < 1.29 is 9.90 Å². The number of carbonyl (C=O) groups excluding carboxylic acids is 1. The second kappa shape index (κ2) is 6.89. The minimum atomic E-state index is -0.159. The molecule has 1 aromatic heterocycles. The Bertz CT molecular complexity index is 723. The number of benzene rings is 1. The first kappa shape index (κ1) is 16.9. The number of aliphatic hydroxyl groups excluding tert-OH is 1. The van der Waals surface area contributed by atoms with Crippen LogP contribution in [0.2, 0.25) is 0 Å². The highest BCUT2D eigenvalue weighted by molar-refractivity contribution is 6.06. The van der Waals surface area contributed by atoms with Crippen molar-refractivity contribution in [3.8, 4) is 0 Å². The molecule has 1 aliphatic heterocycles. The van der Waals surface area contributed by atoms with Gasteiger partial charge < -0.3 is 10.0 Å². The predicted octanol–water partition coefficient (Wildman–Crippen LogP) is 3.50. The number of carbonyl (C=O) groups is 1. The minimum Gasteiger partial charge on any atom is -0.396 e. The van der Waals surface area contributed by atoms with Crippen molar-refractivity contribution in [1.29, 1.82) is 0 Å². The molecule has 1 aromatic carbocycles. The first-order valence-electron chi connectivity index (χ1n) is 8.77. The third kappa shape index (κ3) is 3.29. The summed E-state index contributed by atoms with van der Waals surface area (Å²) in [5.41, 5.74) is 0.571. The van der Waals surface area contributed by atoms with Crippen LogP contribution in [0.5, 0.6) is 0 Å². The quantitative estimate of drug-likeness (QED) is 0.935. The maximum absolute atomic E-state index is 13.1. The van der Waals surface area contributed by atoms with Crippen molar-refractivity contribution in [2.75, 3.05) is 19.7 Å². The Balaban J connectivity index is 1.89. The van der Waals surface area contributed by atoms with E-state index in [1.165, 1.54) is 0 Å². The van der Waals surface area contributed by atoms with Crippen molar-refractivity contribution in [1.82, 2.24) is 9.88 Å². The maximum atomic E-state index is 13.1. The summed E-state index contributed by atoms with van der Waals surface area (Å²) in [5, 5.41) is 11.9. The summed E-state index contributed by atoms with van der Waals surface area (Å²) in [6.07, 6.45) is 6.41. The van der Waals surface area contributed by atoms with Gasteiger partial charge in [-0.05, 0) is 42.7 Å². The van der Waals surface area contributed by atoms with E-state index >= 15 is 0 Å². The van der Waals surface area contributed by atoms with Crippen LogP contribution in [-0.4, -0.2) is 40.6 Å². The monoisotopic (exact) mass is 326 g/mol. The molecule has 0 aliphatic carbocycles. The van der Waals surface area contributed by atoms with Crippen LogP contribution in [0.3, 0.4) is 0 Å². The maximum Gasteiger partial charge on any atom is 0.254 e. The van der Waals surface area contributed by atoms with E-state index in [0.717, 1.165) is 42.1 Å². The lowest BCUT2D eigenvalue weighted by Gasteiger charge is -2.43. The lowest BCUT2D eigenvalue weighted by Crippen LogP contribution is -2.48. The highest BCUT2D eigenvalue weighted by Crippen LogP contribution is 2.36. The minimum absolute atomic E-state index is 0.0630. The van der Waals surface area contributed by atoms with Gasteiger partial charge in [0.1, 0.15) is 0 Å². The van der Waals surface area contributed by atoms with E-state index in [2.05, 4.69) is 18.8 Å². The van der Waals surface area contributed by atoms with Gasteiger partial charge in [-0.3, -0.25) is 9.78 Å². The number of likely N-dealkylation sites (tertiary alicyclic amines) is 1. The average Bonchev–Trinajstić information content (AvgIpc) is 2.60. The van der Waals surface area contributed by atoms with E-state index < -0.39 is 0 Å². The molecule has 1 atom stereocenters. The fraction of sp³-hybridized carbons (Fsp3) is 0.500. The molecule has 1 aliphatic rings. The zero-order valence-electron chi connectivity index (χ0n) is 14.5. The number of aromatic nitrogens is 1. The summed E-state index contributed by atoms with van der Waals surface area (Å²) in [6.45, 7) is 5.91. The molecule has 2 heterocycles. The Hall–Kier alpha value is -1.94. The number of nitrogens with zero attached hydrogens (tertiary/aromatic N) is 2. The van der Waals surface area contributed by atoms with Crippen LogP contribution < -0.4 is 0 Å². The molecule has 24 heavy (non-hydrogen) atoms. The highest BCUT2D eigenvalue weighted by atomic mass is 16.3. The van der Waals surface area contributed by atoms with Gasteiger partial charge in [-0.1, -0.05) is 26.0 Å². The van der Waals surface area contributed by atoms with Crippen LogP contribution in [0.15, 0.2) is 36.7 Å². The Morgan fingerprint density at radius 2 is 2.21 bits per heavy atom. The van der Waals surface area contributed by atoms with Crippen LogP contribution in [0, 0.1) is 11.3 Å². The lowest BCUT2D eigenvalue weighted by atomic mass is 9.74. The summed E-state index contributed by atoms with van der Waals surface area (Å²) in [6, 6.07) is 7.68. The molecule has 128 valence electrons. The SMILES string of the molecule is CC(C)C[C@]1(CO)CCCN(C(=O)c2cccc3cnccc23)C1. The Morgan fingerprint density at radius 3 is 2.96 bits per heavy atom. The fourth-order valence-corrected chi connectivity index (χ4v) is 4.09. The van der Waals surface area contributed by atoms with Gasteiger partial charge in [-0.15, -0.1) is 0 Å². The number of rotatable bonds is 4. The van der Waals surface area contributed by atoms with Crippen molar-refractivity contribution in [2.24, 2.45) is 11.3 Å². The van der Waals surface area contributed by atoms with Crippen molar-refractivity contribution >= 4 is 16.7 Å². The molecular formula is C20H26N2O2. The number of aliphatic hydroxyl groups is 1. The van der Waals surface area contributed by atoms with E-state index in [0.29, 0.717) is 12.5 Å². The normalized spacial score (nSPS) is 21.4. The molecule has 0 spiro atoms. The molecule has 2 aromatic rings. The molecule has 1 fully saturated rings. The van der Waals surface area contributed by atoms with Crippen LogP contribution in [0.4, 0.5) is 0 Å². The topological polar surface area (TPSA) is 53.4 Å². The molecule has 1 saturated heterocycles. The Kier molecular flexibility index (Phi) is 4.86. The number of hydrogen-bond donors (Lipinski definition) is 1. The van der Waals surface area contributed by atoms with E-state index in [1.54, 1.807) is 12.4 Å². The second-order valence-corrected chi connectivity index (χ2v) is 7.49. The number of fused-ring (bicyclic) bond motifs is 1. The third-order valence-corrected chi connectivity index (χ3v) is 5.04. The fourth-order valence-electron chi connectivity index (χ4n) is 4.09. The summed E-state index contributed by atoms with van der Waals surface area (Å²) in [5.74, 6) is 0.573. The van der Waals surface area contributed by atoms with Gasteiger partial charge in [-0.25, -0.2) is 0 Å². The number of hydrogen-bond acceptors (Lipinski definition) is 3. The molecular weight excluding hydrogens is 300 g/mol. The van der Waals surface area contributed by atoms with Crippen LogP contribution in [0.25, 0.3) is 10.8 Å². The Morgan fingerprint density at radius 1 is 1.38 bits per heavy atom. The van der Waals surface area contributed by atoms with E-state index in [4.69, 9.17) is 0 Å². The summed E-state index contributed by atoms with van der Waals surface area (Å²) in [7, 11) is 0. The van der Waals surface area contributed by atoms with Gasteiger partial charge in [0, 0.05) is 41.8 Å². The first-order chi connectivity index (χ1) is 11.5. The molecule has 4 nitrogen and oxygen atoms in total. The summed E-state index contributed by atoms with van der Waals surface area (Å²) < 4.78 is 0. The van der Waals surface area contributed by atoms with Crippen molar-refractivity contribution in [3.05, 3.63) is 42.2 Å². The smallest absolute Gasteiger partial charge is 0.254 e. The zero-order valence-corrected chi connectivity index (χ0v) is 14.5. The molecule has 1 amide bonds. The van der Waals surface area contributed by atoms with Gasteiger partial charge in [0.05, 0.1) is 6.61 Å². The van der Waals surface area contributed by atoms with Gasteiger partial charge in [0.15, 0.2) is 0 Å². The van der Waals surface area contributed by atoms with Crippen molar-refractivity contribution in [2.45, 2.75) is 33.1 Å². The number of piperidine rings is 1. The van der Waals surface area contributed by atoms with E-state index in [-0.39, 0.29) is 17.9 Å². The summed E-state index contributed by atoms with van der Waals surface area (Å²) in [4.78, 5) is 19.2. The van der Waals surface area contributed by atoms with Crippen molar-refractivity contribution in [3.63, 3.8) is 0 Å². The second-order valence-electron chi connectivity index (χ2n) is 7.49. The molecule has 0 unspecified atom stereocenters. The molecule has 4 heteroatoms. The van der Waals surface area contributed by atoms with Crippen LogP contribution >= 0.6 is 0 Å². The molecule has 0 bridgehead atoms. The molecule has 1 N–H and O–H groups in total. The first-order valence-corrected chi connectivity index (χ1v) is 8.77. The van der Waals surface area contributed by atoms with Gasteiger partial charge in [-0.2, -0.15) is 0 Å². The van der Waals surface area contributed by atoms with Gasteiger partial charge in [0.2, 0.25) is 0 Å². The molecule has 0 saturated carbocycles.